The predicted molar refractivity (Wildman–Crippen MR) is 67.6 cm³/mol. The van der Waals surface area contributed by atoms with Crippen LogP contribution >= 0.6 is 12.4 Å². The number of carbonyl (C=O) groups is 1. The summed E-state index contributed by atoms with van der Waals surface area (Å²) >= 11 is 0. The quantitative estimate of drug-likeness (QED) is 0.769. The molecule has 1 aliphatic carbocycles. The van der Waals surface area contributed by atoms with Crippen LogP contribution in [0.15, 0.2) is 0 Å². The SMILES string of the molecule is Cl.N[C@@H]1CCCN(C(=O)C2CCCCC2)C1. The molecule has 4 heteroatoms. The highest BCUT2D eigenvalue weighted by molar-refractivity contribution is 5.85. The molecular formula is C12H23ClN2O. The van der Waals surface area contributed by atoms with Gasteiger partial charge in [0.2, 0.25) is 5.91 Å². The first-order valence-electron chi connectivity index (χ1n) is 6.32. The van der Waals surface area contributed by atoms with Crippen molar-refractivity contribution in [3.63, 3.8) is 0 Å². The van der Waals surface area contributed by atoms with Crippen molar-refractivity contribution in [2.45, 2.75) is 51.0 Å². The fraction of sp³-hybridized carbons (Fsp3) is 0.917. The third kappa shape index (κ3) is 3.36. The molecule has 1 heterocycles. The van der Waals surface area contributed by atoms with Gasteiger partial charge in [-0.2, -0.15) is 0 Å². The van der Waals surface area contributed by atoms with Crippen LogP contribution in [0.25, 0.3) is 0 Å². The normalized spacial score (nSPS) is 27.3. The fourth-order valence-electron chi connectivity index (χ4n) is 2.82. The summed E-state index contributed by atoms with van der Waals surface area (Å²) in [6, 6.07) is 0.214. The second-order valence-electron chi connectivity index (χ2n) is 5.02. The van der Waals surface area contributed by atoms with E-state index in [1.807, 2.05) is 4.90 Å². The van der Waals surface area contributed by atoms with Crippen LogP contribution in [0.2, 0.25) is 0 Å². The lowest BCUT2D eigenvalue weighted by atomic mass is 9.87. The summed E-state index contributed by atoms with van der Waals surface area (Å²) in [6.07, 6.45) is 8.14. The molecule has 1 aliphatic heterocycles. The first-order chi connectivity index (χ1) is 7.27. The zero-order valence-corrected chi connectivity index (χ0v) is 10.7. The molecule has 94 valence electrons. The molecule has 2 N–H and O–H groups in total. The molecule has 2 aliphatic rings. The number of nitrogens with two attached hydrogens (primary N) is 1. The molecule has 0 aromatic heterocycles. The van der Waals surface area contributed by atoms with Gasteiger partial charge in [-0.1, -0.05) is 19.3 Å². The van der Waals surface area contributed by atoms with Crippen LogP contribution in [0.3, 0.4) is 0 Å². The number of likely N-dealkylation sites (tertiary alicyclic amines) is 1. The van der Waals surface area contributed by atoms with E-state index in [-0.39, 0.29) is 18.4 Å². The van der Waals surface area contributed by atoms with Crippen LogP contribution in [0, 0.1) is 5.92 Å². The summed E-state index contributed by atoms with van der Waals surface area (Å²) in [5.74, 6) is 0.689. The molecule has 0 aromatic carbocycles. The molecule has 3 nitrogen and oxygen atoms in total. The van der Waals surface area contributed by atoms with E-state index in [1.165, 1.54) is 19.3 Å². The maximum absolute atomic E-state index is 12.2. The van der Waals surface area contributed by atoms with Crippen LogP contribution in [0.4, 0.5) is 0 Å². The molecule has 1 atom stereocenters. The second-order valence-corrected chi connectivity index (χ2v) is 5.02. The summed E-state index contributed by atoms with van der Waals surface area (Å²) in [5.41, 5.74) is 5.90. The van der Waals surface area contributed by atoms with Crippen molar-refractivity contribution in [2.75, 3.05) is 13.1 Å². The van der Waals surface area contributed by atoms with Gasteiger partial charge in [-0.15, -0.1) is 12.4 Å². The Balaban J connectivity index is 0.00000128. The minimum Gasteiger partial charge on any atom is -0.341 e. The molecule has 0 spiro atoms. The standard InChI is InChI=1S/C12H22N2O.ClH/c13-11-7-4-8-14(9-11)12(15)10-5-2-1-3-6-10;/h10-11H,1-9,13H2;1H/t11-;/m1./s1. The van der Waals surface area contributed by atoms with Gasteiger partial charge in [0, 0.05) is 25.0 Å². The van der Waals surface area contributed by atoms with E-state index in [2.05, 4.69) is 0 Å². The van der Waals surface area contributed by atoms with E-state index in [0.717, 1.165) is 38.8 Å². The van der Waals surface area contributed by atoms with Crippen molar-refractivity contribution in [2.24, 2.45) is 11.7 Å². The highest BCUT2D eigenvalue weighted by Crippen LogP contribution is 2.26. The third-order valence-corrected chi connectivity index (χ3v) is 3.72. The fourth-order valence-corrected chi connectivity index (χ4v) is 2.82. The van der Waals surface area contributed by atoms with Crippen LogP contribution in [-0.4, -0.2) is 29.9 Å². The van der Waals surface area contributed by atoms with Gasteiger partial charge in [0.05, 0.1) is 0 Å². The number of amides is 1. The first kappa shape index (κ1) is 13.8. The van der Waals surface area contributed by atoms with Gasteiger partial charge in [-0.3, -0.25) is 4.79 Å². The predicted octanol–water partition coefficient (Wildman–Crippen LogP) is 1.94. The number of piperidine rings is 1. The minimum absolute atomic E-state index is 0. The monoisotopic (exact) mass is 246 g/mol. The molecule has 0 unspecified atom stereocenters. The lowest BCUT2D eigenvalue weighted by Gasteiger charge is -2.34. The smallest absolute Gasteiger partial charge is 0.225 e. The van der Waals surface area contributed by atoms with Gasteiger partial charge in [0.1, 0.15) is 0 Å². The van der Waals surface area contributed by atoms with Crippen molar-refractivity contribution < 1.29 is 4.79 Å². The number of rotatable bonds is 1. The Bertz CT molecular complexity index is 229. The molecule has 0 radical (unpaired) electrons. The highest BCUT2D eigenvalue weighted by atomic mass is 35.5. The third-order valence-electron chi connectivity index (χ3n) is 3.72. The summed E-state index contributed by atoms with van der Waals surface area (Å²) in [7, 11) is 0. The van der Waals surface area contributed by atoms with Crippen LogP contribution < -0.4 is 5.73 Å². The van der Waals surface area contributed by atoms with Gasteiger partial charge in [-0.25, -0.2) is 0 Å². The molecule has 1 saturated carbocycles. The molecule has 2 rings (SSSR count). The van der Waals surface area contributed by atoms with E-state index in [4.69, 9.17) is 5.73 Å². The Hall–Kier alpha value is -0.280. The van der Waals surface area contributed by atoms with Gasteiger partial charge in [0.15, 0.2) is 0 Å². The number of carbonyl (C=O) groups excluding carboxylic acids is 1. The highest BCUT2D eigenvalue weighted by Gasteiger charge is 2.28. The van der Waals surface area contributed by atoms with E-state index >= 15 is 0 Å². The van der Waals surface area contributed by atoms with Crippen LogP contribution in [0.5, 0.6) is 0 Å². The van der Waals surface area contributed by atoms with Gasteiger partial charge >= 0.3 is 0 Å². The second kappa shape index (κ2) is 6.45. The van der Waals surface area contributed by atoms with Crippen molar-refractivity contribution >= 4 is 18.3 Å². The van der Waals surface area contributed by atoms with Crippen molar-refractivity contribution in [3.05, 3.63) is 0 Å². The number of halogens is 1. The summed E-state index contributed by atoms with van der Waals surface area (Å²) < 4.78 is 0. The zero-order chi connectivity index (χ0) is 10.7. The topological polar surface area (TPSA) is 46.3 Å². The van der Waals surface area contributed by atoms with E-state index in [0.29, 0.717) is 11.8 Å². The molecule has 0 aromatic rings. The lowest BCUT2D eigenvalue weighted by molar-refractivity contribution is -0.137. The summed E-state index contributed by atoms with van der Waals surface area (Å²) in [6.45, 7) is 1.72. The van der Waals surface area contributed by atoms with E-state index < -0.39 is 0 Å². The van der Waals surface area contributed by atoms with Gasteiger partial charge in [-0.05, 0) is 25.7 Å². The van der Waals surface area contributed by atoms with Crippen LogP contribution in [0.1, 0.15) is 44.9 Å². The largest absolute Gasteiger partial charge is 0.341 e. The molecule has 0 bridgehead atoms. The lowest BCUT2D eigenvalue weighted by Crippen LogP contribution is -2.48. The zero-order valence-electron chi connectivity index (χ0n) is 9.86. The van der Waals surface area contributed by atoms with Crippen molar-refractivity contribution in [3.8, 4) is 0 Å². The van der Waals surface area contributed by atoms with Crippen LogP contribution in [-0.2, 0) is 4.79 Å². The summed E-state index contributed by atoms with van der Waals surface area (Å²) in [4.78, 5) is 14.2. The number of hydrogen-bond acceptors (Lipinski definition) is 2. The molecule has 1 saturated heterocycles. The maximum atomic E-state index is 12.2. The Morgan fingerprint density at radius 3 is 2.38 bits per heavy atom. The van der Waals surface area contributed by atoms with E-state index in [1.54, 1.807) is 0 Å². The molecular weight excluding hydrogens is 224 g/mol. The Morgan fingerprint density at radius 1 is 1.06 bits per heavy atom. The summed E-state index contributed by atoms with van der Waals surface area (Å²) in [5, 5.41) is 0. The van der Waals surface area contributed by atoms with E-state index in [9.17, 15) is 4.79 Å². The molecule has 2 fully saturated rings. The minimum atomic E-state index is 0. The van der Waals surface area contributed by atoms with Crippen molar-refractivity contribution in [1.29, 1.82) is 0 Å². The maximum Gasteiger partial charge on any atom is 0.225 e. The Morgan fingerprint density at radius 2 is 1.75 bits per heavy atom. The Labute approximate surface area is 104 Å². The first-order valence-corrected chi connectivity index (χ1v) is 6.32. The van der Waals surface area contributed by atoms with Gasteiger partial charge < -0.3 is 10.6 Å². The number of nitrogens with zero attached hydrogens (tertiary/aromatic N) is 1. The van der Waals surface area contributed by atoms with Crippen molar-refractivity contribution in [1.82, 2.24) is 4.90 Å². The molecule has 1 amide bonds. The molecule has 16 heavy (non-hydrogen) atoms. The Kier molecular flexibility index (Phi) is 5.56. The van der Waals surface area contributed by atoms with Gasteiger partial charge in [0.25, 0.3) is 0 Å². The average Bonchev–Trinajstić information content (AvgIpc) is 2.29. The average molecular weight is 247 g/mol. The number of hydrogen-bond donors (Lipinski definition) is 1.